The molecule has 1 nitrogen and oxygen atoms in total. The molecule has 0 aliphatic heterocycles. The molecule has 0 unspecified atom stereocenters. The van der Waals surface area contributed by atoms with Gasteiger partial charge in [-0.2, -0.15) is 0 Å². The predicted octanol–water partition coefficient (Wildman–Crippen LogP) is 5.97. The van der Waals surface area contributed by atoms with E-state index in [2.05, 4.69) is 110 Å². The Hall–Kier alpha value is -0.301. The molecule has 2 aliphatic carbocycles. The molecule has 0 heterocycles. The van der Waals surface area contributed by atoms with Gasteiger partial charge in [0.05, 0.1) is 0 Å². The van der Waals surface area contributed by atoms with Crippen LogP contribution >= 0.6 is 0 Å². The van der Waals surface area contributed by atoms with Crippen LogP contribution in [0.3, 0.4) is 0 Å². The first-order valence-electron chi connectivity index (χ1n) is 9.38. The van der Waals surface area contributed by atoms with Gasteiger partial charge in [-0.25, -0.2) is 0 Å². The number of benzene rings is 1. The van der Waals surface area contributed by atoms with Crippen molar-refractivity contribution < 1.29 is 17.1 Å². The molecule has 0 bridgehead atoms. The quantitative estimate of drug-likeness (QED) is 0.562. The van der Waals surface area contributed by atoms with Crippen LogP contribution in [0.15, 0.2) is 24.3 Å². The summed E-state index contributed by atoms with van der Waals surface area (Å²) in [6, 6.07) is 8.95. The van der Waals surface area contributed by atoms with Crippen molar-refractivity contribution in [3.8, 4) is 0 Å². The second-order valence-electron chi connectivity index (χ2n) is 7.57. The molecule has 144 valence electrons. The average Bonchev–Trinajstić information content (AvgIpc) is 3.19. The smallest absolute Gasteiger partial charge is 0.302 e. The van der Waals surface area contributed by atoms with Crippen molar-refractivity contribution in [3.63, 3.8) is 0 Å². The van der Waals surface area contributed by atoms with E-state index in [9.17, 15) is 0 Å². The molecule has 0 amide bonds. The predicted molar refractivity (Wildman–Crippen MR) is 113 cm³/mol. The van der Waals surface area contributed by atoms with Crippen molar-refractivity contribution in [2.45, 2.75) is 47.6 Å². The van der Waals surface area contributed by atoms with E-state index in [-0.39, 0.29) is 17.1 Å². The van der Waals surface area contributed by atoms with Gasteiger partial charge in [0.15, 0.2) is 0 Å². The monoisotopic (exact) mass is 403 g/mol. The average molecular weight is 403 g/mol. The van der Waals surface area contributed by atoms with Gasteiger partial charge in [-0.15, -0.1) is 0 Å². The Labute approximate surface area is 180 Å². The first-order valence-corrected chi connectivity index (χ1v) is 9.38. The molecule has 2 heteroatoms. The van der Waals surface area contributed by atoms with Crippen molar-refractivity contribution in [1.29, 1.82) is 0 Å². The van der Waals surface area contributed by atoms with E-state index in [1.54, 1.807) is 0 Å². The molecule has 2 aliphatic rings. The summed E-state index contributed by atoms with van der Waals surface area (Å²) in [5, 5.41) is 0. The van der Waals surface area contributed by atoms with Crippen molar-refractivity contribution in [1.82, 2.24) is 4.90 Å². The summed E-state index contributed by atoms with van der Waals surface area (Å²) in [5.74, 6) is 8.70. The molecular weight excluding hydrogens is 370 g/mol. The summed E-state index contributed by atoms with van der Waals surface area (Å²) >= 11 is 0. The van der Waals surface area contributed by atoms with E-state index >= 15 is 0 Å². The maximum absolute atomic E-state index is 2.26. The Morgan fingerprint density at radius 1 is 0.667 bits per heavy atom. The Morgan fingerprint density at radius 2 is 1.07 bits per heavy atom. The Kier molecular flexibility index (Phi) is 10.1. The molecular formula is C25H33FeN+2. The van der Waals surface area contributed by atoms with Crippen LogP contribution < -0.4 is 0 Å². The van der Waals surface area contributed by atoms with Gasteiger partial charge in [0.1, 0.15) is 0 Å². The van der Waals surface area contributed by atoms with Gasteiger partial charge in [0.2, 0.25) is 0 Å². The van der Waals surface area contributed by atoms with Gasteiger partial charge in [-0.3, -0.25) is 0 Å². The van der Waals surface area contributed by atoms with Crippen LogP contribution in [0.4, 0.5) is 0 Å². The van der Waals surface area contributed by atoms with E-state index in [0.717, 1.165) is 0 Å². The normalized spacial score (nSPS) is 22.0. The van der Waals surface area contributed by atoms with Gasteiger partial charge < -0.3 is 4.90 Å². The molecule has 0 N–H and O–H groups in total. The zero-order valence-electron chi connectivity index (χ0n) is 18.0. The fourth-order valence-electron chi connectivity index (χ4n) is 3.63. The number of aryl methyl sites for hydroxylation is 1. The van der Waals surface area contributed by atoms with Crippen LogP contribution in [0.5, 0.6) is 0 Å². The maximum atomic E-state index is 2.26. The van der Waals surface area contributed by atoms with Gasteiger partial charge in [-0.1, -0.05) is 58.9 Å². The number of nitrogens with zero attached hydrogens (tertiary/aromatic N) is 1. The van der Waals surface area contributed by atoms with Gasteiger partial charge >= 0.3 is 17.1 Å². The van der Waals surface area contributed by atoms with Crippen LogP contribution in [-0.2, 0) is 17.1 Å². The molecule has 1 aromatic carbocycles. The number of hydrogen-bond donors (Lipinski definition) is 0. The van der Waals surface area contributed by atoms with E-state index < -0.39 is 0 Å². The summed E-state index contributed by atoms with van der Waals surface area (Å²) in [6.07, 6.45) is 8.59. The van der Waals surface area contributed by atoms with Gasteiger partial charge in [0, 0.05) is 12.0 Å². The summed E-state index contributed by atoms with van der Waals surface area (Å²) < 4.78 is 0. The molecule has 0 saturated heterocycles. The minimum absolute atomic E-state index is 0. The molecule has 0 spiro atoms. The summed E-state index contributed by atoms with van der Waals surface area (Å²) in [5.41, 5.74) is 2.74. The van der Waals surface area contributed by atoms with Gasteiger partial charge in [0.25, 0.3) is 0 Å². The molecule has 10 radical (unpaired) electrons. The molecule has 1 atom stereocenters. The van der Waals surface area contributed by atoms with Crippen LogP contribution in [0.2, 0.25) is 0 Å². The van der Waals surface area contributed by atoms with Crippen LogP contribution in [0.1, 0.15) is 51.8 Å². The zero-order valence-corrected chi connectivity index (χ0v) is 19.1. The van der Waals surface area contributed by atoms with E-state index in [0.29, 0.717) is 6.04 Å². The third kappa shape index (κ3) is 5.84. The molecule has 27 heavy (non-hydrogen) atoms. The molecule has 1 aromatic rings. The van der Waals surface area contributed by atoms with Crippen molar-refractivity contribution in [3.05, 3.63) is 96.6 Å². The Bertz CT molecular complexity index is 504. The summed E-state index contributed by atoms with van der Waals surface area (Å²) in [6.45, 7) is 13.2. The van der Waals surface area contributed by atoms with E-state index in [1.807, 2.05) is 0 Å². The summed E-state index contributed by atoms with van der Waals surface area (Å²) in [4.78, 5) is 2.26. The van der Waals surface area contributed by atoms with Crippen molar-refractivity contribution >= 4 is 0 Å². The number of hydrogen-bond acceptors (Lipinski definition) is 1. The third-order valence-electron chi connectivity index (χ3n) is 5.82. The van der Waals surface area contributed by atoms with E-state index in [1.165, 1.54) is 46.6 Å². The Morgan fingerprint density at radius 3 is 1.44 bits per heavy atom. The standard InChI is InChI=1S/C15H18N.C10H15.Fe/c1-12-8-4-7-11-14(12)15(16(2)3)13-9-5-6-10-13;1-6-7(2)9(4)10(5)8(6)3;/h4-11,15H,1-3H3;1-5H3;/q;;+2/t15-;;/m0../s1. The molecule has 2 saturated carbocycles. The minimum Gasteiger partial charge on any atom is -0.302 e. The first-order chi connectivity index (χ1) is 12.3. The topological polar surface area (TPSA) is 3.24 Å². The van der Waals surface area contributed by atoms with Crippen molar-refractivity contribution in [2.24, 2.45) is 0 Å². The molecule has 0 aromatic heterocycles. The van der Waals surface area contributed by atoms with E-state index in [4.69, 9.17) is 0 Å². The molecule has 3 rings (SSSR count). The minimum atomic E-state index is 0. The van der Waals surface area contributed by atoms with Gasteiger partial charge in [-0.05, 0) is 87.4 Å². The van der Waals surface area contributed by atoms with Crippen LogP contribution in [0, 0.1) is 68.1 Å². The SMILES string of the molecule is C[C]1[C](C)[C](C)[C](C)[C]1C.Cc1ccccc1[C@H]([C]1[CH][CH][CH][CH]1)N(C)C.[Fe+2]. The summed E-state index contributed by atoms with van der Waals surface area (Å²) in [7, 11) is 4.26. The maximum Gasteiger partial charge on any atom is 2.00 e. The second-order valence-corrected chi connectivity index (χ2v) is 7.57. The van der Waals surface area contributed by atoms with Crippen molar-refractivity contribution in [2.75, 3.05) is 14.1 Å². The van der Waals surface area contributed by atoms with Crippen LogP contribution in [-0.4, -0.2) is 19.0 Å². The molecule has 2 fully saturated rings. The van der Waals surface area contributed by atoms with Crippen LogP contribution in [0.25, 0.3) is 0 Å². The second kappa shape index (κ2) is 11.0. The Balaban J connectivity index is 0.000000288. The fourth-order valence-corrected chi connectivity index (χ4v) is 3.63. The third-order valence-corrected chi connectivity index (χ3v) is 5.82. The largest absolute Gasteiger partial charge is 2.00 e. The fraction of sp³-hybridized carbons (Fsp3) is 0.360. The zero-order chi connectivity index (χ0) is 19.4. The first kappa shape index (κ1) is 24.7. The number of rotatable bonds is 3.